The molecule has 0 unspecified atom stereocenters. The van der Waals surface area contributed by atoms with E-state index in [0.717, 1.165) is 5.56 Å². The quantitative estimate of drug-likeness (QED) is 0.633. The summed E-state index contributed by atoms with van der Waals surface area (Å²) >= 11 is 18.9. The van der Waals surface area contributed by atoms with E-state index in [1.165, 1.54) is 0 Å². The highest BCUT2D eigenvalue weighted by molar-refractivity contribution is 6.41. The Morgan fingerprint density at radius 2 is 1.68 bits per heavy atom. The molecule has 0 bridgehead atoms. The summed E-state index contributed by atoms with van der Waals surface area (Å²) in [5.74, 6) is 0.544. The molecule has 3 aromatic rings. The SMILES string of the molecule is Nc1nc(Nc2cc(Cl)c(-c3ccccc3Cl)c(Cl)c2)n[nH]1. The predicted molar refractivity (Wildman–Crippen MR) is 91.0 cm³/mol. The number of halogens is 3. The minimum absolute atomic E-state index is 0.215. The number of anilines is 3. The van der Waals surface area contributed by atoms with Crippen molar-refractivity contribution < 1.29 is 0 Å². The van der Waals surface area contributed by atoms with Crippen molar-refractivity contribution in [3.8, 4) is 11.1 Å². The number of rotatable bonds is 3. The maximum atomic E-state index is 6.36. The summed E-state index contributed by atoms with van der Waals surface area (Å²) in [5, 5.41) is 10.9. The molecule has 0 saturated heterocycles. The van der Waals surface area contributed by atoms with E-state index in [-0.39, 0.29) is 5.95 Å². The van der Waals surface area contributed by atoms with Crippen molar-refractivity contribution >= 4 is 52.4 Å². The molecule has 22 heavy (non-hydrogen) atoms. The zero-order valence-electron chi connectivity index (χ0n) is 11.1. The van der Waals surface area contributed by atoms with E-state index in [2.05, 4.69) is 20.5 Å². The first-order valence-corrected chi connectivity index (χ1v) is 7.37. The summed E-state index contributed by atoms with van der Waals surface area (Å²) in [7, 11) is 0. The molecule has 1 aromatic heterocycles. The summed E-state index contributed by atoms with van der Waals surface area (Å²) in [4.78, 5) is 3.95. The highest BCUT2D eigenvalue weighted by atomic mass is 35.5. The summed E-state index contributed by atoms with van der Waals surface area (Å²) in [5.41, 5.74) is 7.56. The molecule has 2 aromatic carbocycles. The number of benzene rings is 2. The molecule has 5 nitrogen and oxygen atoms in total. The van der Waals surface area contributed by atoms with Gasteiger partial charge in [0.15, 0.2) is 0 Å². The molecule has 4 N–H and O–H groups in total. The summed E-state index contributed by atoms with van der Waals surface area (Å²) in [6, 6.07) is 10.8. The van der Waals surface area contributed by atoms with Crippen LogP contribution in [0.25, 0.3) is 11.1 Å². The Kier molecular flexibility index (Phi) is 4.11. The van der Waals surface area contributed by atoms with Gasteiger partial charge in [-0.2, -0.15) is 4.98 Å². The molecule has 0 aliphatic carbocycles. The number of nitrogens with zero attached hydrogens (tertiary/aromatic N) is 2. The normalized spacial score (nSPS) is 10.7. The van der Waals surface area contributed by atoms with Gasteiger partial charge in [0.2, 0.25) is 11.9 Å². The van der Waals surface area contributed by atoms with Crippen molar-refractivity contribution in [2.24, 2.45) is 0 Å². The Labute approximate surface area is 141 Å². The van der Waals surface area contributed by atoms with Crippen LogP contribution < -0.4 is 11.1 Å². The second kappa shape index (κ2) is 6.04. The third-order valence-corrected chi connectivity index (χ3v) is 3.87. The molecule has 0 atom stereocenters. The second-order valence-electron chi connectivity index (χ2n) is 4.46. The van der Waals surface area contributed by atoms with Gasteiger partial charge in [0.1, 0.15) is 0 Å². The van der Waals surface area contributed by atoms with E-state index >= 15 is 0 Å². The summed E-state index contributed by atoms with van der Waals surface area (Å²) in [6.07, 6.45) is 0. The second-order valence-corrected chi connectivity index (χ2v) is 5.69. The van der Waals surface area contributed by atoms with Gasteiger partial charge in [-0.05, 0) is 18.2 Å². The molecule has 0 amide bonds. The van der Waals surface area contributed by atoms with E-state index in [0.29, 0.717) is 32.3 Å². The first-order valence-electron chi connectivity index (χ1n) is 6.23. The Balaban J connectivity index is 2.00. The Morgan fingerprint density at radius 1 is 1.00 bits per heavy atom. The summed E-state index contributed by atoms with van der Waals surface area (Å²) < 4.78 is 0. The highest BCUT2D eigenvalue weighted by Gasteiger charge is 2.14. The van der Waals surface area contributed by atoms with Crippen LogP contribution in [0.4, 0.5) is 17.6 Å². The topological polar surface area (TPSA) is 79.6 Å². The molecule has 0 aliphatic heterocycles. The van der Waals surface area contributed by atoms with Gasteiger partial charge in [0, 0.05) is 21.8 Å². The first-order chi connectivity index (χ1) is 10.5. The van der Waals surface area contributed by atoms with Gasteiger partial charge in [0.05, 0.1) is 10.0 Å². The molecule has 0 spiro atoms. The van der Waals surface area contributed by atoms with Gasteiger partial charge in [-0.15, -0.1) is 5.10 Å². The fourth-order valence-electron chi connectivity index (χ4n) is 2.03. The third-order valence-electron chi connectivity index (χ3n) is 2.94. The van der Waals surface area contributed by atoms with Crippen molar-refractivity contribution in [1.29, 1.82) is 0 Å². The van der Waals surface area contributed by atoms with E-state index in [1.54, 1.807) is 18.2 Å². The predicted octanol–water partition coefficient (Wildman–Crippen LogP) is 4.76. The largest absolute Gasteiger partial charge is 0.368 e. The van der Waals surface area contributed by atoms with Crippen LogP contribution in [0.2, 0.25) is 15.1 Å². The van der Waals surface area contributed by atoms with Crippen LogP contribution in [0.15, 0.2) is 36.4 Å². The monoisotopic (exact) mass is 353 g/mol. The number of aromatic nitrogens is 3. The van der Waals surface area contributed by atoms with E-state index in [4.69, 9.17) is 40.5 Å². The van der Waals surface area contributed by atoms with Crippen LogP contribution in [0.5, 0.6) is 0 Å². The van der Waals surface area contributed by atoms with Crippen LogP contribution in [0.1, 0.15) is 0 Å². The molecule has 8 heteroatoms. The van der Waals surface area contributed by atoms with Gasteiger partial charge in [-0.1, -0.05) is 53.0 Å². The molecule has 3 rings (SSSR count). The number of hydrogen-bond donors (Lipinski definition) is 3. The van der Waals surface area contributed by atoms with E-state index in [1.807, 2.05) is 18.2 Å². The molecule has 0 saturated carbocycles. The van der Waals surface area contributed by atoms with E-state index < -0.39 is 0 Å². The van der Waals surface area contributed by atoms with Crippen LogP contribution >= 0.6 is 34.8 Å². The fourth-order valence-corrected chi connectivity index (χ4v) is 2.95. The van der Waals surface area contributed by atoms with Gasteiger partial charge < -0.3 is 11.1 Å². The zero-order chi connectivity index (χ0) is 15.7. The lowest BCUT2D eigenvalue weighted by molar-refractivity contribution is 1.10. The molecule has 0 radical (unpaired) electrons. The number of nitrogens with two attached hydrogens (primary N) is 1. The molecular weight excluding hydrogens is 345 g/mol. The standard InChI is InChI=1S/C14H10Cl3N5/c15-9-4-2-1-3-8(9)12-10(16)5-7(6-11(12)17)19-14-20-13(18)21-22-14/h1-6H,(H4,18,19,20,21,22). The van der Waals surface area contributed by atoms with E-state index in [9.17, 15) is 0 Å². The average molecular weight is 355 g/mol. The zero-order valence-corrected chi connectivity index (χ0v) is 13.3. The lowest BCUT2D eigenvalue weighted by atomic mass is 10.0. The van der Waals surface area contributed by atoms with Crippen molar-refractivity contribution in [1.82, 2.24) is 15.2 Å². The van der Waals surface area contributed by atoms with Crippen LogP contribution in [-0.4, -0.2) is 15.2 Å². The number of hydrogen-bond acceptors (Lipinski definition) is 4. The van der Waals surface area contributed by atoms with Gasteiger partial charge >= 0.3 is 0 Å². The maximum Gasteiger partial charge on any atom is 0.248 e. The highest BCUT2D eigenvalue weighted by Crippen LogP contribution is 2.40. The van der Waals surface area contributed by atoms with Crippen LogP contribution in [0.3, 0.4) is 0 Å². The minimum atomic E-state index is 0.215. The maximum absolute atomic E-state index is 6.36. The van der Waals surface area contributed by atoms with Crippen LogP contribution in [-0.2, 0) is 0 Å². The lowest BCUT2D eigenvalue weighted by Gasteiger charge is -2.11. The van der Waals surface area contributed by atoms with Gasteiger partial charge in [-0.25, -0.2) is 5.10 Å². The van der Waals surface area contributed by atoms with Crippen molar-refractivity contribution in [3.63, 3.8) is 0 Å². The molecular formula is C14H10Cl3N5. The Hall–Kier alpha value is -1.95. The van der Waals surface area contributed by atoms with Gasteiger partial charge in [-0.3, -0.25) is 0 Å². The molecule has 0 fully saturated rings. The lowest BCUT2D eigenvalue weighted by Crippen LogP contribution is -1.94. The number of aromatic amines is 1. The van der Waals surface area contributed by atoms with Crippen LogP contribution in [0, 0.1) is 0 Å². The van der Waals surface area contributed by atoms with Crippen molar-refractivity contribution in [2.45, 2.75) is 0 Å². The fraction of sp³-hybridized carbons (Fsp3) is 0. The number of H-pyrrole nitrogens is 1. The molecule has 0 aliphatic rings. The van der Waals surface area contributed by atoms with Crippen molar-refractivity contribution in [3.05, 3.63) is 51.5 Å². The van der Waals surface area contributed by atoms with Gasteiger partial charge in [0.25, 0.3) is 0 Å². The Bertz CT molecular complexity index is 808. The molecule has 112 valence electrons. The minimum Gasteiger partial charge on any atom is -0.368 e. The first kappa shape index (κ1) is 15.0. The Morgan fingerprint density at radius 3 is 2.27 bits per heavy atom. The summed E-state index contributed by atoms with van der Waals surface area (Å²) in [6.45, 7) is 0. The smallest absolute Gasteiger partial charge is 0.248 e. The average Bonchev–Trinajstić information content (AvgIpc) is 2.85. The van der Waals surface area contributed by atoms with Crippen molar-refractivity contribution in [2.75, 3.05) is 11.1 Å². The number of nitrogen functional groups attached to an aromatic ring is 1. The molecule has 1 heterocycles. The third kappa shape index (κ3) is 2.97. The number of nitrogens with one attached hydrogen (secondary N) is 2.